The van der Waals surface area contributed by atoms with Crippen molar-refractivity contribution in [2.75, 3.05) is 6.54 Å². The maximum Gasteiger partial charge on any atom is 0.317 e. The molecule has 0 aromatic heterocycles. The van der Waals surface area contributed by atoms with Gasteiger partial charge in [0.05, 0.1) is 0 Å². The molecule has 1 saturated carbocycles. The van der Waals surface area contributed by atoms with Crippen LogP contribution in [0.2, 0.25) is 0 Å². The van der Waals surface area contributed by atoms with Crippen molar-refractivity contribution in [3.63, 3.8) is 0 Å². The van der Waals surface area contributed by atoms with Gasteiger partial charge in [0.25, 0.3) is 0 Å². The molecule has 0 heterocycles. The molecule has 0 unspecified atom stereocenters. The molecule has 1 rings (SSSR count). The van der Waals surface area contributed by atoms with E-state index in [1.807, 2.05) is 0 Å². The Balaban J connectivity index is 2.30. The van der Waals surface area contributed by atoms with Gasteiger partial charge in [0.2, 0.25) is 0 Å². The maximum atomic E-state index is 10.6. The van der Waals surface area contributed by atoms with Crippen LogP contribution in [0.25, 0.3) is 0 Å². The molecule has 70 valence electrons. The lowest BCUT2D eigenvalue weighted by atomic mass is 10.4. The molecule has 0 spiro atoms. The highest BCUT2D eigenvalue weighted by Crippen LogP contribution is 2.31. The summed E-state index contributed by atoms with van der Waals surface area (Å²) < 4.78 is 0. The van der Waals surface area contributed by atoms with Crippen LogP contribution in [-0.4, -0.2) is 28.1 Å². The third kappa shape index (κ3) is 2.68. The summed E-state index contributed by atoms with van der Waals surface area (Å²) in [6.45, 7) is 0.247. The molecule has 0 bridgehead atoms. The summed E-state index contributed by atoms with van der Waals surface area (Å²) in [6, 6.07) is 0. The molecular weight excluding hydrogens is 174 g/mol. The van der Waals surface area contributed by atoms with Gasteiger partial charge in [-0.25, -0.2) is 0 Å². The molecule has 0 aliphatic heterocycles. The Morgan fingerprint density at radius 3 is 2.58 bits per heavy atom. The quantitative estimate of drug-likeness (QED) is 0.694. The summed E-state index contributed by atoms with van der Waals surface area (Å²) in [5, 5.41) is 8.87. The molecule has 0 saturated heterocycles. The van der Waals surface area contributed by atoms with Gasteiger partial charge in [-0.3, -0.25) is 4.79 Å². The van der Waals surface area contributed by atoms with E-state index in [4.69, 9.17) is 10.8 Å². The zero-order valence-corrected chi connectivity index (χ0v) is 7.85. The van der Waals surface area contributed by atoms with Gasteiger partial charge in [0.1, 0.15) is 5.25 Å². The molecule has 1 atom stereocenters. The van der Waals surface area contributed by atoms with Crippen LogP contribution in [-0.2, 0) is 4.79 Å². The fourth-order valence-electron chi connectivity index (χ4n) is 1.47. The van der Waals surface area contributed by atoms with Crippen LogP contribution >= 0.6 is 11.8 Å². The topological polar surface area (TPSA) is 63.3 Å². The van der Waals surface area contributed by atoms with Crippen molar-refractivity contribution in [2.24, 2.45) is 5.73 Å². The number of aliphatic carboxylic acids is 1. The Morgan fingerprint density at radius 2 is 2.17 bits per heavy atom. The highest BCUT2D eigenvalue weighted by molar-refractivity contribution is 8.01. The van der Waals surface area contributed by atoms with Gasteiger partial charge in [-0.1, -0.05) is 12.8 Å². The fraction of sp³-hybridized carbons (Fsp3) is 0.875. The second-order valence-corrected chi connectivity index (χ2v) is 4.61. The van der Waals surface area contributed by atoms with E-state index >= 15 is 0 Å². The summed E-state index contributed by atoms with van der Waals surface area (Å²) in [5.74, 6) is -0.769. The lowest BCUT2D eigenvalue weighted by Gasteiger charge is -2.14. The number of hydrogen-bond acceptors (Lipinski definition) is 3. The van der Waals surface area contributed by atoms with Gasteiger partial charge < -0.3 is 10.8 Å². The van der Waals surface area contributed by atoms with Crippen LogP contribution in [0.4, 0.5) is 0 Å². The first-order valence-corrected chi connectivity index (χ1v) is 5.26. The van der Waals surface area contributed by atoms with E-state index in [-0.39, 0.29) is 6.54 Å². The van der Waals surface area contributed by atoms with Crippen LogP contribution in [0.5, 0.6) is 0 Å². The van der Waals surface area contributed by atoms with E-state index < -0.39 is 11.2 Å². The molecule has 0 amide bonds. The molecule has 3 N–H and O–H groups in total. The van der Waals surface area contributed by atoms with Crippen molar-refractivity contribution in [3.05, 3.63) is 0 Å². The average molecular weight is 189 g/mol. The zero-order chi connectivity index (χ0) is 8.97. The molecule has 12 heavy (non-hydrogen) atoms. The van der Waals surface area contributed by atoms with Crippen molar-refractivity contribution < 1.29 is 9.90 Å². The summed E-state index contributed by atoms with van der Waals surface area (Å²) in [5.41, 5.74) is 5.35. The van der Waals surface area contributed by atoms with Crippen LogP contribution in [0.15, 0.2) is 0 Å². The Morgan fingerprint density at radius 1 is 1.58 bits per heavy atom. The van der Waals surface area contributed by atoms with Crippen molar-refractivity contribution in [1.82, 2.24) is 0 Å². The number of nitrogens with two attached hydrogens (primary N) is 1. The van der Waals surface area contributed by atoms with Crippen LogP contribution in [0.3, 0.4) is 0 Å². The van der Waals surface area contributed by atoms with E-state index in [2.05, 4.69) is 0 Å². The maximum absolute atomic E-state index is 10.6. The van der Waals surface area contributed by atoms with Gasteiger partial charge in [-0.15, -0.1) is 11.8 Å². The summed E-state index contributed by atoms with van der Waals surface area (Å²) >= 11 is 1.54. The minimum absolute atomic E-state index is 0.247. The number of carboxylic acids is 1. The monoisotopic (exact) mass is 189 g/mol. The second kappa shape index (κ2) is 4.72. The number of hydrogen-bond donors (Lipinski definition) is 2. The first-order chi connectivity index (χ1) is 5.74. The molecular formula is C8H15NO2S. The first-order valence-electron chi connectivity index (χ1n) is 4.32. The predicted molar refractivity (Wildman–Crippen MR) is 50.3 cm³/mol. The molecule has 1 aliphatic carbocycles. The van der Waals surface area contributed by atoms with E-state index in [1.165, 1.54) is 24.6 Å². The van der Waals surface area contributed by atoms with Gasteiger partial charge in [0.15, 0.2) is 0 Å². The first kappa shape index (κ1) is 9.86. The SMILES string of the molecule is NC[C@H](SC1CCCC1)C(=O)O. The second-order valence-electron chi connectivity index (χ2n) is 3.11. The lowest BCUT2D eigenvalue weighted by molar-refractivity contribution is -0.136. The number of carbonyl (C=O) groups is 1. The normalized spacial score (nSPS) is 21.1. The minimum atomic E-state index is -0.769. The van der Waals surface area contributed by atoms with Gasteiger partial charge in [-0.05, 0) is 12.8 Å². The third-order valence-corrected chi connectivity index (χ3v) is 3.73. The Hall–Kier alpha value is -0.220. The van der Waals surface area contributed by atoms with Crippen molar-refractivity contribution in [3.8, 4) is 0 Å². The largest absolute Gasteiger partial charge is 0.480 e. The van der Waals surface area contributed by atoms with Crippen LogP contribution in [0.1, 0.15) is 25.7 Å². The van der Waals surface area contributed by atoms with Gasteiger partial charge >= 0.3 is 5.97 Å². The Kier molecular flexibility index (Phi) is 3.88. The average Bonchev–Trinajstić information content (AvgIpc) is 2.51. The summed E-state index contributed by atoms with van der Waals surface area (Å²) in [4.78, 5) is 10.6. The van der Waals surface area contributed by atoms with Gasteiger partial charge in [-0.2, -0.15) is 0 Å². The predicted octanol–water partition coefficient (Wildman–Crippen LogP) is 1.07. The van der Waals surface area contributed by atoms with Gasteiger partial charge in [0, 0.05) is 11.8 Å². The minimum Gasteiger partial charge on any atom is -0.480 e. The van der Waals surface area contributed by atoms with E-state index in [1.54, 1.807) is 0 Å². The smallest absolute Gasteiger partial charge is 0.317 e. The highest BCUT2D eigenvalue weighted by Gasteiger charge is 2.23. The standard InChI is InChI=1S/C8H15NO2S/c9-5-7(8(10)11)12-6-3-1-2-4-6/h6-7H,1-5,9H2,(H,10,11)/t7-/m0/s1. The molecule has 1 fully saturated rings. The summed E-state index contributed by atoms with van der Waals surface area (Å²) in [6.07, 6.45) is 4.81. The molecule has 3 nitrogen and oxygen atoms in total. The molecule has 1 aliphatic rings. The number of rotatable bonds is 4. The molecule has 4 heteroatoms. The Bertz CT molecular complexity index is 157. The molecule has 0 radical (unpaired) electrons. The summed E-state index contributed by atoms with van der Waals surface area (Å²) in [7, 11) is 0. The van der Waals surface area contributed by atoms with Crippen LogP contribution < -0.4 is 5.73 Å². The van der Waals surface area contributed by atoms with Crippen molar-refractivity contribution in [2.45, 2.75) is 36.2 Å². The fourth-order valence-corrected chi connectivity index (χ4v) is 2.77. The van der Waals surface area contributed by atoms with E-state index in [0.29, 0.717) is 5.25 Å². The Labute approximate surface area is 76.7 Å². The van der Waals surface area contributed by atoms with Crippen molar-refractivity contribution in [1.29, 1.82) is 0 Å². The molecule has 0 aromatic carbocycles. The lowest BCUT2D eigenvalue weighted by Crippen LogP contribution is -2.27. The van der Waals surface area contributed by atoms with E-state index in [9.17, 15) is 4.79 Å². The third-order valence-electron chi connectivity index (χ3n) is 2.15. The number of carboxylic acid groups (broad SMARTS) is 1. The highest BCUT2D eigenvalue weighted by atomic mass is 32.2. The zero-order valence-electron chi connectivity index (χ0n) is 7.03. The number of thioether (sulfide) groups is 1. The molecule has 0 aromatic rings. The van der Waals surface area contributed by atoms with Crippen LogP contribution in [0, 0.1) is 0 Å². The van der Waals surface area contributed by atoms with Crippen molar-refractivity contribution >= 4 is 17.7 Å². The van der Waals surface area contributed by atoms with E-state index in [0.717, 1.165) is 12.8 Å².